The van der Waals surface area contributed by atoms with E-state index in [2.05, 4.69) is 60.7 Å². The number of para-hydroxylation sites is 2. The van der Waals surface area contributed by atoms with Crippen molar-refractivity contribution in [2.24, 2.45) is 0 Å². The molecule has 0 aliphatic rings. The highest BCUT2D eigenvalue weighted by Gasteiger charge is 2.08. The smallest absolute Gasteiger partial charge is 0.123 e. The highest BCUT2D eigenvalue weighted by Crippen LogP contribution is 2.27. The fourth-order valence-corrected chi connectivity index (χ4v) is 2.85. The lowest BCUT2D eigenvalue weighted by atomic mass is 10.0. The van der Waals surface area contributed by atoms with Crippen LogP contribution in [0.2, 0.25) is 0 Å². The van der Waals surface area contributed by atoms with Gasteiger partial charge in [-0.3, -0.25) is 0 Å². The molecule has 1 aromatic heterocycles. The zero-order valence-electron chi connectivity index (χ0n) is 14.1. The van der Waals surface area contributed by atoms with Crippen molar-refractivity contribution >= 4 is 11.0 Å². The molecule has 0 spiro atoms. The minimum absolute atomic E-state index is 0.475. The number of aryl methyl sites for hydroxylation is 2. The molecule has 3 heteroatoms. The van der Waals surface area contributed by atoms with E-state index in [1.807, 2.05) is 18.5 Å². The van der Waals surface area contributed by atoms with Crippen LogP contribution in [0.4, 0.5) is 0 Å². The van der Waals surface area contributed by atoms with Crippen LogP contribution in [0.5, 0.6) is 5.75 Å². The number of rotatable bonds is 6. The van der Waals surface area contributed by atoms with Crippen LogP contribution < -0.4 is 4.74 Å². The summed E-state index contributed by atoms with van der Waals surface area (Å²) in [5.74, 6) is 1.50. The Morgan fingerprint density at radius 2 is 1.96 bits per heavy atom. The van der Waals surface area contributed by atoms with Crippen LogP contribution >= 0.6 is 0 Å². The van der Waals surface area contributed by atoms with Gasteiger partial charge in [0.05, 0.1) is 24.0 Å². The highest BCUT2D eigenvalue weighted by molar-refractivity contribution is 5.74. The minimum Gasteiger partial charge on any atom is -0.493 e. The van der Waals surface area contributed by atoms with Crippen LogP contribution in [0.1, 0.15) is 37.3 Å². The van der Waals surface area contributed by atoms with Crippen LogP contribution in [-0.2, 0) is 6.54 Å². The molecule has 120 valence electrons. The Hall–Kier alpha value is -2.29. The van der Waals surface area contributed by atoms with Crippen LogP contribution in [-0.4, -0.2) is 16.2 Å². The normalized spacial score (nSPS) is 11.3. The molecular weight excluding hydrogens is 284 g/mol. The maximum atomic E-state index is 6.06. The molecule has 3 aromatic rings. The summed E-state index contributed by atoms with van der Waals surface area (Å²) < 4.78 is 8.25. The Morgan fingerprint density at radius 3 is 2.78 bits per heavy atom. The average molecular weight is 308 g/mol. The second-order valence-electron chi connectivity index (χ2n) is 6.32. The molecule has 0 bridgehead atoms. The molecule has 0 saturated carbocycles. The number of ether oxygens (including phenoxy) is 1. The predicted octanol–water partition coefficient (Wildman–Crippen LogP) is 4.94. The molecule has 2 aromatic carbocycles. The van der Waals surface area contributed by atoms with E-state index in [9.17, 15) is 0 Å². The molecule has 0 amide bonds. The van der Waals surface area contributed by atoms with Crippen molar-refractivity contribution in [3.05, 3.63) is 59.9 Å². The number of fused-ring (bicyclic) bond motifs is 1. The molecule has 3 nitrogen and oxygen atoms in total. The first kappa shape index (κ1) is 15.6. The van der Waals surface area contributed by atoms with E-state index in [-0.39, 0.29) is 0 Å². The monoisotopic (exact) mass is 308 g/mol. The zero-order chi connectivity index (χ0) is 16.2. The first-order valence-electron chi connectivity index (χ1n) is 8.28. The minimum atomic E-state index is 0.475. The molecule has 0 saturated heterocycles. The van der Waals surface area contributed by atoms with Crippen LogP contribution in [0.15, 0.2) is 48.8 Å². The van der Waals surface area contributed by atoms with Gasteiger partial charge in [-0.05, 0) is 48.6 Å². The molecule has 23 heavy (non-hydrogen) atoms. The molecule has 0 atom stereocenters. The van der Waals surface area contributed by atoms with Gasteiger partial charge in [0.25, 0.3) is 0 Å². The van der Waals surface area contributed by atoms with Crippen LogP contribution in [0.3, 0.4) is 0 Å². The van der Waals surface area contributed by atoms with Crippen molar-refractivity contribution in [2.75, 3.05) is 6.61 Å². The summed E-state index contributed by atoms with van der Waals surface area (Å²) in [6.07, 6.45) is 2.88. The largest absolute Gasteiger partial charge is 0.493 e. The Bertz CT molecular complexity index is 789. The van der Waals surface area contributed by atoms with E-state index < -0.39 is 0 Å². The summed E-state index contributed by atoms with van der Waals surface area (Å²) in [5.41, 5.74) is 4.76. The number of hydrogen-bond donors (Lipinski definition) is 0. The summed E-state index contributed by atoms with van der Waals surface area (Å²) in [6.45, 7) is 8.15. The predicted molar refractivity (Wildman–Crippen MR) is 95.1 cm³/mol. The Balaban J connectivity index is 1.61. The van der Waals surface area contributed by atoms with Gasteiger partial charge in [0.1, 0.15) is 5.75 Å². The summed E-state index contributed by atoms with van der Waals surface area (Å²) in [4.78, 5) is 4.43. The average Bonchev–Trinajstić information content (AvgIpc) is 2.94. The highest BCUT2D eigenvalue weighted by atomic mass is 16.5. The SMILES string of the molecule is Cc1ccc(C(C)C)c(OCCCn2cnc3ccccc32)c1. The van der Waals surface area contributed by atoms with Gasteiger partial charge in [0.2, 0.25) is 0 Å². The third-order valence-corrected chi connectivity index (χ3v) is 4.12. The lowest BCUT2D eigenvalue weighted by Crippen LogP contribution is -2.05. The molecule has 0 aliphatic carbocycles. The fraction of sp³-hybridized carbons (Fsp3) is 0.350. The Morgan fingerprint density at radius 1 is 1.13 bits per heavy atom. The van der Waals surface area contributed by atoms with E-state index in [4.69, 9.17) is 4.74 Å². The molecular formula is C20H24N2O. The summed E-state index contributed by atoms with van der Waals surface area (Å²) in [6, 6.07) is 14.7. The van der Waals surface area contributed by atoms with Gasteiger partial charge in [-0.1, -0.05) is 38.1 Å². The number of benzene rings is 2. The molecule has 0 N–H and O–H groups in total. The van der Waals surface area contributed by atoms with Crippen molar-refractivity contribution in [2.45, 2.75) is 39.7 Å². The maximum absolute atomic E-state index is 6.06. The van der Waals surface area contributed by atoms with Gasteiger partial charge in [0.15, 0.2) is 0 Å². The third-order valence-electron chi connectivity index (χ3n) is 4.12. The standard InChI is InChI=1S/C20H24N2O/c1-15(2)17-10-9-16(3)13-20(17)23-12-6-11-22-14-21-18-7-4-5-8-19(18)22/h4-5,7-10,13-15H,6,11-12H2,1-3H3. The van der Waals surface area contributed by atoms with Gasteiger partial charge < -0.3 is 9.30 Å². The summed E-state index contributed by atoms with van der Waals surface area (Å²) in [5, 5.41) is 0. The molecule has 1 heterocycles. The molecule has 3 rings (SSSR count). The van der Waals surface area contributed by atoms with Crippen LogP contribution in [0, 0.1) is 6.92 Å². The molecule has 0 fully saturated rings. The lowest BCUT2D eigenvalue weighted by Gasteiger charge is -2.15. The first-order chi connectivity index (χ1) is 11.1. The zero-order valence-corrected chi connectivity index (χ0v) is 14.1. The van der Waals surface area contributed by atoms with Crippen molar-refractivity contribution in [3.63, 3.8) is 0 Å². The van der Waals surface area contributed by atoms with Crippen molar-refractivity contribution in [3.8, 4) is 5.75 Å². The van der Waals surface area contributed by atoms with E-state index >= 15 is 0 Å². The maximum Gasteiger partial charge on any atom is 0.123 e. The van der Waals surface area contributed by atoms with Crippen LogP contribution in [0.25, 0.3) is 11.0 Å². The van der Waals surface area contributed by atoms with Crippen molar-refractivity contribution in [1.29, 1.82) is 0 Å². The first-order valence-corrected chi connectivity index (χ1v) is 8.28. The second-order valence-corrected chi connectivity index (χ2v) is 6.32. The Kier molecular flexibility index (Phi) is 4.65. The van der Waals surface area contributed by atoms with Crippen molar-refractivity contribution in [1.82, 2.24) is 9.55 Å². The lowest BCUT2D eigenvalue weighted by molar-refractivity contribution is 0.298. The van der Waals surface area contributed by atoms with E-state index in [1.54, 1.807) is 0 Å². The topological polar surface area (TPSA) is 27.1 Å². The molecule has 0 unspecified atom stereocenters. The number of hydrogen-bond acceptors (Lipinski definition) is 2. The van der Waals surface area contributed by atoms with Gasteiger partial charge >= 0.3 is 0 Å². The summed E-state index contributed by atoms with van der Waals surface area (Å²) >= 11 is 0. The van der Waals surface area contributed by atoms with Gasteiger partial charge in [-0.15, -0.1) is 0 Å². The van der Waals surface area contributed by atoms with Gasteiger partial charge in [-0.25, -0.2) is 4.98 Å². The number of nitrogens with zero attached hydrogens (tertiary/aromatic N) is 2. The fourth-order valence-electron chi connectivity index (χ4n) is 2.85. The number of imidazole rings is 1. The van der Waals surface area contributed by atoms with E-state index in [0.717, 1.165) is 30.8 Å². The second kappa shape index (κ2) is 6.86. The quantitative estimate of drug-likeness (QED) is 0.603. The molecule has 0 radical (unpaired) electrons. The Labute approximate surface area is 137 Å². The van der Waals surface area contributed by atoms with E-state index in [0.29, 0.717) is 5.92 Å². The van der Waals surface area contributed by atoms with Crippen molar-refractivity contribution < 1.29 is 4.74 Å². The van der Waals surface area contributed by atoms with E-state index in [1.165, 1.54) is 16.6 Å². The molecule has 0 aliphatic heterocycles. The summed E-state index contributed by atoms with van der Waals surface area (Å²) in [7, 11) is 0. The number of aromatic nitrogens is 2. The van der Waals surface area contributed by atoms with Gasteiger partial charge in [0, 0.05) is 6.54 Å². The van der Waals surface area contributed by atoms with Gasteiger partial charge in [-0.2, -0.15) is 0 Å². The third kappa shape index (κ3) is 3.55.